The first-order chi connectivity index (χ1) is 15.3. The summed E-state index contributed by atoms with van der Waals surface area (Å²) in [6, 6.07) is 0. The highest BCUT2D eigenvalue weighted by atomic mass is 32.1. The van der Waals surface area contributed by atoms with Gasteiger partial charge in [0.15, 0.2) is 6.61 Å². The Bertz CT molecular complexity index is 1070. The van der Waals surface area contributed by atoms with Crippen LogP contribution in [0.2, 0.25) is 0 Å². The molecule has 2 heterocycles. The van der Waals surface area contributed by atoms with Gasteiger partial charge < -0.3 is 24.5 Å². The molecule has 2 aromatic heterocycles. The molecular weight excluding hydrogens is 436 g/mol. The van der Waals surface area contributed by atoms with Crippen LogP contribution in [0.1, 0.15) is 73.2 Å². The molecule has 0 aliphatic heterocycles. The van der Waals surface area contributed by atoms with E-state index in [1.807, 2.05) is 0 Å². The van der Waals surface area contributed by atoms with Crippen molar-refractivity contribution in [3.63, 3.8) is 0 Å². The topological polar surface area (TPSA) is 124 Å². The monoisotopic (exact) mass is 462 g/mol. The van der Waals surface area contributed by atoms with E-state index in [0.717, 1.165) is 29.7 Å². The summed E-state index contributed by atoms with van der Waals surface area (Å²) in [5.41, 5.74) is 2.54. The number of H-pyrrole nitrogens is 1. The number of esters is 3. The van der Waals surface area contributed by atoms with Crippen molar-refractivity contribution in [2.45, 2.75) is 47.0 Å². The molecule has 2 N–H and O–H groups in total. The summed E-state index contributed by atoms with van der Waals surface area (Å²) in [6.45, 7) is 6.56. The van der Waals surface area contributed by atoms with Gasteiger partial charge in [0, 0.05) is 10.6 Å². The molecule has 2 aromatic rings. The number of aromatic amines is 1. The van der Waals surface area contributed by atoms with Crippen molar-refractivity contribution >= 4 is 40.2 Å². The number of carbonyl (C=O) groups excluding carboxylic acids is 4. The summed E-state index contributed by atoms with van der Waals surface area (Å²) in [5, 5.41) is 3.08. The molecule has 3 rings (SSSR count). The van der Waals surface area contributed by atoms with Crippen LogP contribution >= 0.6 is 11.3 Å². The van der Waals surface area contributed by atoms with Crippen LogP contribution in [0.5, 0.6) is 0 Å². The second-order valence-electron chi connectivity index (χ2n) is 7.25. The Kier molecular flexibility index (Phi) is 7.34. The van der Waals surface area contributed by atoms with E-state index in [-0.39, 0.29) is 24.5 Å². The molecule has 1 aliphatic rings. The fourth-order valence-corrected chi connectivity index (χ4v) is 5.03. The van der Waals surface area contributed by atoms with Gasteiger partial charge in [0.2, 0.25) is 0 Å². The molecule has 0 saturated carbocycles. The van der Waals surface area contributed by atoms with E-state index in [0.29, 0.717) is 21.8 Å². The zero-order valence-electron chi connectivity index (χ0n) is 18.5. The highest BCUT2D eigenvalue weighted by molar-refractivity contribution is 7.17. The minimum Gasteiger partial charge on any atom is -0.462 e. The second kappa shape index (κ2) is 9.99. The molecule has 1 amide bonds. The number of aryl methyl sites for hydroxylation is 2. The zero-order chi connectivity index (χ0) is 23.4. The van der Waals surface area contributed by atoms with Crippen molar-refractivity contribution in [2.24, 2.45) is 0 Å². The third kappa shape index (κ3) is 4.69. The average molecular weight is 463 g/mol. The summed E-state index contributed by atoms with van der Waals surface area (Å²) < 4.78 is 15.3. The Labute approximate surface area is 189 Å². The maximum absolute atomic E-state index is 12.5. The molecule has 1 aliphatic carbocycles. The molecule has 0 radical (unpaired) electrons. The summed E-state index contributed by atoms with van der Waals surface area (Å²) >= 11 is 1.35. The van der Waals surface area contributed by atoms with E-state index in [9.17, 15) is 19.2 Å². The van der Waals surface area contributed by atoms with Crippen LogP contribution in [0, 0.1) is 13.8 Å². The van der Waals surface area contributed by atoms with Gasteiger partial charge in [0.05, 0.1) is 24.3 Å². The number of rotatable bonds is 8. The van der Waals surface area contributed by atoms with Crippen LogP contribution in [-0.2, 0) is 31.8 Å². The lowest BCUT2D eigenvalue weighted by atomic mass is 10.1. The molecule has 172 valence electrons. The van der Waals surface area contributed by atoms with E-state index in [1.54, 1.807) is 27.7 Å². The van der Waals surface area contributed by atoms with E-state index in [4.69, 9.17) is 14.2 Å². The van der Waals surface area contributed by atoms with Crippen LogP contribution in [0.4, 0.5) is 5.00 Å². The minimum absolute atomic E-state index is 0.0839. The predicted molar refractivity (Wildman–Crippen MR) is 117 cm³/mol. The van der Waals surface area contributed by atoms with Gasteiger partial charge in [-0.15, -0.1) is 11.3 Å². The van der Waals surface area contributed by atoms with E-state index in [2.05, 4.69) is 10.3 Å². The normalized spacial score (nSPS) is 12.2. The smallest absolute Gasteiger partial charge is 0.355 e. The summed E-state index contributed by atoms with van der Waals surface area (Å²) in [6.07, 6.45) is 2.58. The van der Waals surface area contributed by atoms with Gasteiger partial charge in [-0.05, 0) is 58.1 Å². The predicted octanol–water partition coefficient (Wildman–Crippen LogP) is 3.33. The first-order valence-electron chi connectivity index (χ1n) is 10.4. The average Bonchev–Trinajstić information content (AvgIpc) is 3.39. The van der Waals surface area contributed by atoms with Crippen LogP contribution in [-0.4, -0.2) is 48.6 Å². The fraction of sp³-hybridized carbons (Fsp3) is 0.455. The molecule has 0 spiro atoms. The summed E-state index contributed by atoms with van der Waals surface area (Å²) in [4.78, 5) is 53.3. The van der Waals surface area contributed by atoms with Crippen molar-refractivity contribution in [1.29, 1.82) is 0 Å². The number of ether oxygens (including phenoxy) is 3. The lowest BCUT2D eigenvalue weighted by Crippen LogP contribution is -2.22. The number of fused-ring (bicyclic) bond motifs is 1. The van der Waals surface area contributed by atoms with Crippen LogP contribution < -0.4 is 5.32 Å². The first-order valence-corrected chi connectivity index (χ1v) is 11.2. The zero-order valence-corrected chi connectivity index (χ0v) is 19.3. The molecule has 0 saturated heterocycles. The number of aromatic nitrogens is 1. The van der Waals surface area contributed by atoms with E-state index in [1.165, 1.54) is 11.3 Å². The molecule has 9 nitrogen and oxygen atoms in total. The molecule has 10 heteroatoms. The Morgan fingerprint density at radius 2 is 1.59 bits per heavy atom. The largest absolute Gasteiger partial charge is 0.462 e. The van der Waals surface area contributed by atoms with Crippen molar-refractivity contribution in [3.8, 4) is 0 Å². The van der Waals surface area contributed by atoms with Crippen LogP contribution in [0.25, 0.3) is 0 Å². The molecule has 0 aromatic carbocycles. The number of hydrogen-bond donors (Lipinski definition) is 2. The number of hydrogen-bond acceptors (Lipinski definition) is 8. The highest BCUT2D eigenvalue weighted by Crippen LogP contribution is 2.39. The minimum atomic E-state index is -0.768. The molecule has 32 heavy (non-hydrogen) atoms. The second-order valence-corrected chi connectivity index (χ2v) is 8.36. The first kappa shape index (κ1) is 23.5. The number of nitrogens with one attached hydrogen (secondary N) is 2. The molecule has 0 atom stereocenters. The van der Waals surface area contributed by atoms with Crippen LogP contribution in [0.15, 0.2) is 0 Å². The number of amides is 1. The number of anilines is 1. The van der Waals surface area contributed by atoms with Crippen molar-refractivity contribution in [2.75, 3.05) is 25.1 Å². The number of thiophene rings is 1. The summed E-state index contributed by atoms with van der Waals surface area (Å²) in [5.74, 6) is -2.35. The van der Waals surface area contributed by atoms with E-state index >= 15 is 0 Å². The standard InChI is InChI=1S/C22H26N2O7S/c1-5-29-20(26)16-11(3)18(23-12(16)4)22(28)31-10-15(25)24-19-17(21(27)30-6-2)13-8-7-9-14(13)32-19/h23H,5-10H2,1-4H3,(H,24,25). The Balaban J connectivity index is 1.68. The summed E-state index contributed by atoms with van der Waals surface area (Å²) in [7, 11) is 0. The van der Waals surface area contributed by atoms with Gasteiger partial charge in [-0.2, -0.15) is 0 Å². The van der Waals surface area contributed by atoms with Gasteiger partial charge in [-0.3, -0.25) is 4.79 Å². The Hall–Kier alpha value is -3.14. The Morgan fingerprint density at radius 3 is 2.25 bits per heavy atom. The quantitative estimate of drug-likeness (QED) is 0.455. The lowest BCUT2D eigenvalue weighted by molar-refractivity contribution is -0.119. The third-order valence-corrected chi connectivity index (χ3v) is 6.32. The van der Waals surface area contributed by atoms with Crippen molar-refractivity contribution in [1.82, 2.24) is 4.98 Å². The van der Waals surface area contributed by atoms with Crippen molar-refractivity contribution < 1.29 is 33.4 Å². The number of carbonyl (C=O) groups is 4. The fourth-order valence-electron chi connectivity index (χ4n) is 3.74. The van der Waals surface area contributed by atoms with Gasteiger partial charge in [0.1, 0.15) is 10.7 Å². The maximum Gasteiger partial charge on any atom is 0.355 e. The van der Waals surface area contributed by atoms with Gasteiger partial charge in [0.25, 0.3) is 5.91 Å². The SMILES string of the molecule is CCOC(=O)c1c(C)[nH]c(C(=O)OCC(=O)Nc2sc3c(c2C(=O)OCC)CCC3)c1C. The van der Waals surface area contributed by atoms with E-state index < -0.39 is 30.4 Å². The van der Waals surface area contributed by atoms with Gasteiger partial charge in [-0.1, -0.05) is 0 Å². The Morgan fingerprint density at radius 1 is 0.938 bits per heavy atom. The molecule has 0 fully saturated rings. The highest BCUT2D eigenvalue weighted by Gasteiger charge is 2.29. The molecular formula is C22H26N2O7S. The van der Waals surface area contributed by atoms with Gasteiger partial charge in [-0.25, -0.2) is 14.4 Å². The molecule has 0 bridgehead atoms. The maximum atomic E-state index is 12.5. The third-order valence-electron chi connectivity index (χ3n) is 5.11. The lowest BCUT2D eigenvalue weighted by Gasteiger charge is -2.08. The van der Waals surface area contributed by atoms with Gasteiger partial charge >= 0.3 is 17.9 Å². The molecule has 0 unspecified atom stereocenters. The van der Waals surface area contributed by atoms with Crippen molar-refractivity contribution in [3.05, 3.63) is 38.5 Å². The van der Waals surface area contributed by atoms with Crippen LogP contribution in [0.3, 0.4) is 0 Å².